The maximum atomic E-state index is 12.6. The van der Waals surface area contributed by atoms with Crippen LogP contribution in [0, 0.1) is 11.8 Å². The topological polar surface area (TPSA) is 58.6 Å². The first-order valence-electron chi connectivity index (χ1n) is 8.27. The number of hydrogen-bond acceptors (Lipinski definition) is 3. The van der Waals surface area contributed by atoms with Gasteiger partial charge in [0.25, 0.3) is 0 Å². The van der Waals surface area contributed by atoms with Gasteiger partial charge in [0.2, 0.25) is 11.8 Å². The number of amides is 2. The van der Waals surface area contributed by atoms with Gasteiger partial charge in [-0.15, -0.1) is 0 Å². The van der Waals surface area contributed by atoms with E-state index in [1.807, 2.05) is 24.3 Å². The number of methoxy groups -OCH3 is 1. The molecule has 124 valence electrons. The van der Waals surface area contributed by atoms with Gasteiger partial charge < -0.3 is 15.0 Å². The maximum Gasteiger partial charge on any atom is 0.225 e. The van der Waals surface area contributed by atoms with Gasteiger partial charge in [-0.05, 0) is 42.9 Å². The van der Waals surface area contributed by atoms with E-state index in [1.54, 1.807) is 19.1 Å². The van der Waals surface area contributed by atoms with E-state index in [9.17, 15) is 9.59 Å². The Labute approximate surface area is 137 Å². The van der Waals surface area contributed by atoms with Crippen LogP contribution in [0.2, 0.25) is 0 Å². The lowest BCUT2D eigenvalue weighted by molar-refractivity contribution is -0.141. The number of carbonyl (C=O) groups excluding carboxylic acids is 2. The van der Waals surface area contributed by atoms with E-state index in [2.05, 4.69) is 5.32 Å². The van der Waals surface area contributed by atoms with E-state index in [0.29, 0.717) is 18.8 Å². The van der Waals surface area contributed by atoms with Crippen molar-refractivity contribution in [3.05, 3.63) is 29.8 Å². The number of benzene rings is 1. The highest BCUT2D eigenvalue weighted by Gasteiger charge is 2.39. The lowest BCUT2D eigenvalue weighted by Gasteiger charge is -2.38. The van der Waals surface area contributed by atoms with Gasteiger partial charge in [-0.2, -0.15) is 0 Å². The second-order valence-corrected chi connectivity index (χ2v) is 6.56. The van der Waals surface area contributed by atoms with Gasteiger partial charge in [-0.3, -0.25) is 9.59 Å². The van der Waals surface area contributed by atoms with Crippen molar-refractivity contribution in [2.24, 2.45) is 11.8 Å². The Morgan fingerprint density at radius 2 is 1.96 bits per heavy atom. The number of rotatable bonds is 5. The number of nitrogens with one attached hydrogen (secondary N) is 1. The lowest BCUT2D eigenvalue weighted by atomic mass is 9.84. The van der Waals surface area contributed by atoms with Crippen LogP contribution in [-0.2, 0) is 9.59 Å². The molecule has 2 aliphatic rings. The predicted molar refractivity (Wildman–Crippen MR) is 87.0 cm³/mol. The van der Waals surface area contributed by atoms with Crippen LogP contribution in [-0.4, -0.2) is 37.4 Å². The molecule has 2 amide bonds. The van der Waals surface area contributed by atoms with Gasteiger partial charge >= 0.3 is 0 Å². The molecule has 2 unspecified atom stereocenters. The molecule has 5 heteroatoms. The fourth-order valence-corrected chi connectivity index (χ4v) is 3.27. The standard InChI is InChI=1S/C18H24N2O3/c1-20-16(21)10-9-15(18(22)19-11-12-3-4-12)17(20)13-5-7-14(23-2)8-6-13/h5-8,12,15,17H,3-4,9-11H2,1-2H3,(H,19,22). The Kier molecular flexibility index (Phi) is 4.55. The number of carbonyl (C=O) groups is 2. The first-order valence-corrected chi connectivity index (χ1v) is 8.27. The number of piperidine rings is 1. The number of hydrogen-bond donors (Lipinski definition) is 1. The molecule has 1 aromatic carbocycles. The highest BCUT2D eigenvalue weighted by Crippen LogP contribution is 2.36. The van der Waals surface area contributed by atoms with Crippen LogP contribution >= 0.6 is 0 Å². The second-order valence-electron chi connectivity index (χ2n) is 6.56. The maximum absolute atomic E-state index is 12.6. The zero-order valence-corrected chi connectivity index (χ0v) is 13.7. The van der Waals surface area contributed by atoms with Crippen molar-refractivity contribution in [3.63, 3.8) is 0 Å². The Morgan fingerprint density at radius 3 is 2.57 bits per heavy atom. The van der Waals surface area contributed by atoms with Crippen LogP contribution in [0.5, 0.6) is 5.75 Å². The Hall–Kier alpha value is -2.04. The van der Waals surface area contributed by atoms with Gasteiger partial charge in [-0.25, -0.2) is 0 Å². The molecule has 23 heavy (non-hydrogen) atoms. The van der Waals surface area contributed by atoms with Gasteiger partial charge in [0, 0.05) is 20.0 Å². The third kappa shape index (κ3) is 3.49. The molecule has 2 atom stereocenters. The molecular weight excluding hydrogens is 292 g/mol. The minimum absolute atomic E-state index is 0.0667. The Balaban J connectivity index is 1.79. The molecule has 0 spiro atoms. The van der Waals surface area contributed by atoms with Crippen molar-refractivity contribution < 1.29 is 14.3 Å². The summed E-state index contributed by atoms with van der Waals surface area (Å²) in [4.78, 5) is 26.4. The summed E-state index contributed by atoms with van der Waals surface area (Å²) in [7, 11) is 3.41. The summed E-state index contributed by atoms with van der Waals surface area (Å²) in [5.74, 6) is 1.40. The normalized spacial score (nSPS) is 24.4. The smallest absolute Gasteiger partial charge is 0.225 e. The molecule has 3 rings (SSSR count). The molecule has 1 saturated heterocycles. The molecule has 1 aromatic rings. The third-order valence-corrected chi connectivity index (χ3v) is 4.92. The first-order chi connectivity index (χ1) is 11.1. The van der Waals surface area contributed by atoms with Gasteiger partial charge in [0.15, 0.2) is 0 Å². The Morgan fingerprint density at radius 1 is 1.26 bits per heavy atom. The minimum Gasteiger partial charge on any atom is -0.497 e. The largest absolute Gasteiger partial charge is 0.497 e. The fourth-order valence-electron chi connectivity index (χ4n) is 3.27. The third-order valence-electron chi connectivity index (χ3n) is 4.92. The van der Waals surface area contributed by atoms with Gasteiger partial charge in [0.1, 0.15) is 5.75 Å². The van der Waals surface area contributed by atoms with E-state index >= 15 is 0 Å². The highest BCUT2D eigenvalue weighted by atomic mass is 16.5. The fraction of sp³-hybridized carbons (Fsp3) is 0.556. The molecule has 1 saturated carbocycles. The molecular formula is C18H24N2O3. The molecule has 1 N–H and O–H groups in total. The van der Waals surface area contributed by atoms with Crippen LogP contribution in [0.4, 0.5) is 0 Å². The summed E-state index contributed by atoms with van der Waals surface area (Å²) in [6.45, 7) is 0.766. The van der Waals surface area contributed by atoms with E-state index in [1.165, 1.54) is 12.8 Å². The van der Waals surface area contributed by atoms with Crippen LogP contribution in [0.1, 0.15) is 37.3 Å². The molecule has 5 nitrogen and oxygen atoms in total. The highest BCUT2D eigenvalue weighted by molar-refractivity contribution is 5.84. The van der Waals surface area contributed by atoms with E-state index in [4.69, 9.17) is 4.74 Å². The van der Waals surface area contributed by atoms with Gasteiger partial charge in [0.05, 0.1) is 19.1 Å². The summed E-state index contributed by atoms with van der Waals surface area (Å²) in [5, 5.41) is 3.07. The molecule has 0 aromatic heterocycles. The molecule has 0 radical (unpaired) electrons. The minimum atomic E-state index is -0.207. The van der Waals surface area contributed by atoms with Crippen molar-refractivity contribution in [1.82, 2.24) is 10.2 Å². The number of ether oxygens (including phenoxy) is 1. The number of nitrogens with zero attached hydrogens (tertiary/aromatic N) is 1. The molecule has 1 aliphatic heterocycles. The quantitative estimate of drug-likeness (QED) is 0.905. The summed E-state index contributed by atoms with van der Waals surface area (Å²) in [6.07, 6.45) is 3.47. The SMILES string of the molecule is COc1ccc(C2C(C(=O)NCC3CC3)CCC(=O)N2C)cc1. The number of likely N-dealkylation sites (tertiary alicyclic amines) is 1. The Bertz CT molecular complexity index is 580. The van der Waals surface area contributed by atoms with Crippen molar-refractivity contribution >= 4 is 11.8 Å². The van der Waals surface area contributed by atoms with E-state index < -0.39 is 0 Å². The van der Waals surface area contributed by atoms with Crippen molar-refractivity contribution in [2.75, 3.05) is 20.7 Å². The van der Waals surface area contributed by atoms with Crippen LogP contribution in [0.25, 0.3) is 0 Å². The molecule has 1 aliphatic carbocycles. The van der Waals surface area contributed by atoms with Crippen molar-refractivity contribution in [2.45, 2.75) is 31.7 Å². The van der Waals surface area contributed by atoms with E-state index in [0.717, 1.165) is 17.9 Å². The lowest BCUT2D eigenvalue weighted by Crippen LogP contribution is -2.46. The summed E-state index contributed by atoms with van der Waals surface area (Å²) >= 11 is 0. The molecule has 0 bridgehead atoms. The average Bonchev–Trinajstić information content (AvgIpc) is 3.39. The van der Waals surface area contributed by atoms with Crippen LogP contribution < -0.4 is 10.1 Å². The van der Waals surface area contributed by atoms with Crippen molar-refractivity contribution in [1.29, 1.82) is 0 Å². The van der Waals surface area contributed by atoms with Crippen molar-refractivity contribution in [3.8, 4) is 5.75 Å². The van der Waals surface area contributed by atoms with Gasteiger partial charge in [-0.1, -0.05) is 12.1 Å². The first kappa shape index (κ1) is 15.8. The zero-order valence-electron chi connectivity index (χ0n) is 13.7. The predicted octanol–water partition coefficient (Wildman–Crippen LogP) is 2.13. The zero-order chi connectivity index (χ0) is 16.4. The summed E-state index contributed by atoms with van der Waals surface area (Å²) in [5.41, 5.74) is 0.980. The van der Waals surface area contributed by atoms with Crippen LogP contribution in [0.3, 0.4) is 0 Å². The molecule has 2 fully saturated rings. The summed E-state index contributed by atoms with van der Waals surface area (Å²) < 4.78 is 5.19. The molecule has 1 heterocycles. The summed E-state index contributed by atoms with van der Waals surface area (Å²) in [6, 6.07) is 7.43. The average molecular weight is 316 g/mol. The van der Waals surface area contributed by atoms with Crippen LogP contribution in [0.15, 0.2) is 24.3 Å². The monoisotopic (exact) mass is 316 g/mol. The second kappa shape index (κ2) is 6.60. The van der Waals surface area contributed by atoms with E-state index in [-0.39, 0.29) is 23.8 Å².